The first-order valence-electron chi connectivity index (χ1n) is 10.0. The van der Waals surface area contributed by atoms with Crippen molar-refractivity contribution in [1.29, 1.82) is 0 Å². The summed E-state index contributed by atoms with van der Waals surface area (Å²) in [5.74, 6) is -4.56. The van der Waals surface area contributed by atoms with Crippen molar-refractivity contribution in [3.8, 4) is 34.5 Å². The van der Waals surface area contributed by atoms with Crippen molar-refractivity contribution in [1.82, 2.24) is 0 Å². The summed E-state index contributed by atoms with van der Waals surface area (Å²) >= 11 is 0. The highest BCUT2D eigenvalue weighted by Crippen LogP contribution is 2.49. The van der Waals surface area contributed by atoms with Crippen molar-refractivity contribution in [2.45, 2.75) is 49.3 Å². The molecule has 0 aliphatic carbocycles. The van der Waals surface area contributed by atoms with Gasteiger partial charge in [0.2, 0.25) is 12.0 Å². The molecule has 0 radical (unpaired) electrons. The van der Waals surface area contributed by atoms with Crippen LogP contribution in [0.5, 0.6) is 34.5 Å². The molecular formula is C21H22O13. The minimum atomic E-state index is -1.96. The number of benzene rings is 2. The number of phenols is 4. The third-order valence-electron chi connectivity index (χ3n) is 5.69. The lowest BCUT2D eigenvalue weighted by Gasteiger charge is -2.38. The Balaban J connectivity index is 1.62. The molecule has 184 valence electrons. The number of rotatable bonds is 4. The summed E-state index contributed by atoms with van der Waals surface area (Å²) in [6, 6.07) is 4.84. The molecular weight excluding hydrogens is 460 g/mol. The molecule has 0 spiro atoms. The second-order valence-corrected chi connectivity index (χ2v) is 7.96. The number of fused-ring (bicyclic) bond motifs is 1. The Hall–Kier alpha value is -3.49. The third kappa shape index (κ3) is 3.99. The van der Waals surface area contributed by atoms with Gasteiger partial charge in [-0.1, -0.05) is 6.07 Å². The Labute approximate surface area is 190 Å². The molecule has 0 aromatic heterocycles. The van der Waals surface area contributed by atoms with Gasteiger partial charge in [-0.05, 0) is 17.7 Å². The number of aliphatic carboxylic acids is 1. The monoisotopic (exact) mass is 482 g/mol. The number of hydrogen-bond acceptors (Lipinski definition) is 12. The summed E-state index contributed by atoms with van der Waals surface area (Å²) in [5.41, 5.74) is 0.305. The summed E-state index contributed by atoms with van der Waals surface area (Å²) in [4.78, 5) is 11.3. The van der Waals surface area contributed by atoms with Gasteiger partial charge in [0.25, 0.3) is 0 Å². The number of hydrogen-bond donors (Lipinski definition) is 9. The molecule has 2 aromatic carbocycles. The van der Waals surface area contributed by atoms with Crippen LogP contribution in [0, 0.1) is 0 Å². The second kappa shape index (κ2) is 8.70. The molecule has 13 heteroatoms. The molecule has 2 aliphatic heterocycles. The first-order chi connectivity index (χ1) is 16.0. The van der Waals surface area contributed by atoms with Gasteiger partial charge in [-0.25, -0.2) is 4.79 Å². The average molecular weight is 482 g/mol. The maximum atomic E-state index is 11.3. The topological polar surface area (TPSA) is 227 Å². The zero-order valence-electron chi connectivity index (χ0n) is 17.2. The fourth-order valence-corrected chi connectivity index (χ4v) is 3.88. The van der Waals surface area contributed by atoms with Crippen LogP contribution in [0.4, 0.5) is 0 Å². The Morgan fingerprint density at radius 2 is 1.62 bits per heavy atom. The number of carbonyl (C=O) groups is 1. The van der Waals surface area contributed by atoms with Gasteiger partial charge in [0.1, 0.15) is 30.2 Å². The van der Waals surface area contributed by atoms with E-state index in [-0.39, 0.29) is 23.5 Å². The normalized spacial score (nSPS) is 30.8. The van der Waals surface area contributed by atoms with Crippen molar-refractivity contribution >= 4 is 5.97 Å². The molecule has 1 fully saturated rings. The molecule has 0 saturated carbocycles. The average Bonchev–Trinajstić information content (AvgIpc) is 2.78. The van der Waals surface area contributed by atoms with Gasteiger partial charge in [-0.2, -0.15) is 0 Å². The molecule has 9 N–H and O–H groups in total. The Morgan fingerprint density at radius 1 is 0.912 bits per heavy atom. The largest absolute Gasteiger partial charge is 0.504 e. The van der Waals surface area contributed by atoms with Gasteiger partial charge in [0.05, 0.1) is 6.10 Å². The van der Waals surface area contributed by atoms with E-state index < -0.39 is 71.9 Å². The zero-order chi connectivity index (χ0) is 24.9. The van der Waals surface area contributed by atoms with E-state index in [9.17, 15) is 45.6 Å². The van der Waals surface area contributed by atoms with Crippen LogP contribution >= 0.6 is 0 Å². The molecule has 4 rings (SSSR count). The Bertz CT molecular complexity index is 1100. The first-order valence-corrected chi connectivity index (χ1v) is 10.0. The third-order valence-corrected chi connectivity index (χ3v) is 5.69. The molecule has 2 aromatic rings. The van der Waals surface area contributed by atoms with Crippen molar-refractivity contribution in [3.05, 3.63) is 35.4 Å². The van der Waals surface area contributed by atoms with Crippen molar-refractivity contribution in [2.24, 2.45) is 0 Å². The highest BCUT2D eigenvalue weighted by atomic mass is 16.7. The first kappa shape index (κ1) is 23.7. The van der Waals surface area contributed by atoms with E-state index in [1.54, 1.807) is 0 Å². The van der Waals surface area contributed by atoms with Crippen LogP contribution in [0.2, 0.25) is 0 Å². The molecule has 7 atom stereocenters. The molecule has 2 heterocycles. The van der Waals surface area contributed by atoms with Crippen molar-refractivity contribution in [2.75, 3.05) is 0 Å². The van der Waals surface area contributed by atoms with Gasteiger partial charge in [0, 0.05) is 18.1 Å². The maximum Gasteiger partial charge on any atom is 0.335 e. The van der Waals surface area contributed by atoms with E-state index in [0.717, 1.165) is 6.07 Å². The van der Waals surface area contributed by atoms with E-state index in [2.05, 4.69) is 0 Å². The van der Waals surface area contributed by atoms with Crippen LogP contribution in [0.25, 0.3) is 0 Å². The highest BCUT2D eigenvalue weighted by Gasteiger charge is 2.48. The number of aliphatic hydroxyl groups is 4. The molecule has 2 unspecified atom stereocenters. The summed E-state index contributed by atoms with van der Waals surface area (Å²) in [7, 11) is 0. The van der Waals surface area contributed by atoms with E-state index >= 15 is 0 Å². The lowest BCUT2D eigenvalue weighted by molar-refractivity contribution is -0.271. The minimum absolute atomic E-state index is 0.000201. The van der Waals surface area contributed by atoms with Gasteiger partial charge >= 0.3 is 5.97 Å². The number of carboxylic acid groups (broad SMARTS) is 1. The molecule has 2 aliphatic rings. The van der Waals surface area contributed by atoms with Crippen molar-refractivity contribution in [3.63, 3.8) is 0 Å². The summed E-state index contributed by atoms with van der Waals surface area (Å²) in [6.07, 6.45) is -12.2. The van der Waals surface area contributed by atoms with E-state index in [1.165, 1.54) is 18.2 Å². The molecule has 13 nitrogen and oxygen atoms in total. The Kier molecular flexibility index (Phi) is 6.05. The van der Waals surface area contributed by atoms with E-state index in [4.69, 9.17) is 19.3 Å². The molecule has 34 heavy (non-hydrogen) atoms. The quantitative estimate of drug-likeness (QED) is 0.234. The van der Waals surface area contributed by atoms with Gasteiger partial charge < -0.3 is 60.2 Å². The minimum Gasteiger partial charge on any atom is -0.504 e. The van der Waals surface area contributed by atoms with E-state index in [0.29, 0.717) is 5.56 Å². The van der Waals surface area contributed by atoms with Crippen LogP contribution < -0.4 is 9.47 Å². The smallest absolute Gasteiger partial charge is 0.335 e. The molecule has 1 saturated heterocycles. The standard InChI is InChI=1S/C21H22O13/c22-8-2-1-6(3-9(8)23)17-10(24)4-7-12(32-17)5-11(25)18(13(7)26)33-21-16(29)14(27)15(28)19(34-21)20(30)31/h1-3,5,10,14-17,19,21-29H,4H2,(H,30,31)/t10?,14-,15-,16+,17?,19-,21+/m0/s1. The number of ether oxygens (including phenoxy) is 3. The number of aliphatic hydroxyl groups excluding tert-OH is 4. The lowest BCUT2D eigenvalue weighted by Crippen LogP contribution is -2.61. The summed E-state index contributed by atoms with van der Waals surface area (Å²) < 4.78 is 15.9. The fourth-order valence-electron chi connectivity index (χ4n) is 3.88. The van der Waals surface area contributed by atoms with Crippen LogP contribution in [0.3, 0.4) is 0 Å². The van der Waals surface area contributed by atoms with Crippen molar-refractivity contribution < 1.29 is 65.0 Å². The number of phenolic OH excluding ortho intramolecular Hbond substituents is 4. The van der Waals surface area contributed by atoms with Crippen LogP contribution in [-0.4, -0.2) is 88.7 Å². The summed E-state index contributed by atoms with van der Waals surface area (Å²) in [5, 5.41) is 89.8. The van der Waals surface area contributed by atoms with Crippen LogP contribution in [0.15, 0.2) is 24.3 Å². The fraction of sp³-hybridized carbons (Fsp3) is 0.381. The molecule has 0 bridgehead atoms. The zero-order valence-corrected chi connectivity index (χ0v) is 17.2. The predicted molar refractivity (Wildman–Crippen MR) is 108 cm³/mol. The van der Waals surface area contributed by atoms with Crippen LogP contribution in [0.1, 0.15) is 17.2 Å². The van der Waals surface area contributed by atoms with Gasteiger partial charge in [-0.15, -0.1) is 0 Å². The van der Waals surface area contributed by atoms with E-state index in [1.807, 2.05) is 0 Å². The predicted octanol–water partition coefficient (Wildman–Crippen LogP) is -1.18. The molecule has 0 amide bonds. The van der Waals surface area contributed by atoms with Gasteiger partial charge in [-0.3, -0.25) is 0 Å². The second-order valence-electron chi connectivity index (χ2n) is 7.96. The number of carboxylic acids is 1. The van der Waals surface area contributed by atoms with Crippen LogP contribution in [-0.2, 0) is 16.0 Å². The van der Waals surface area contributed by atoms with Gasteiger partial charge in [0.15, 0.2) is 29.1 Å². The Morgan fingerprint density at radius 3 is 2.26 bits per heavy atom. The SMILES string of the molecule is O=C(O)[C@H]1O[C@@H](Oc2c(O)cc3c(c2O)CC(O)C(c2ccc(O)c(O)c2)O3)[C@H](O)[C@@H](O)[C@@H]1O. The maximum absolute atomic E-state index is 11.3. The highest BCUT2D eigenvalue weighted by molar-refractivity contribution is 5.73. The summed E-state index contributed by atoms with van der Waals surface area (Å²) in [6.45, 7) is 0. The lowest BCUT2D eigenvalue weighted by atomic mass is 9.93. The number of aromatic hydroxyl groups is 4.